The highest BCUT2D eigenvalue weighted by Crippen LogP contribution is 2.31. The fraction of sp³-hybridized carbons (Fsp3) is 0.115. The summed E-state index contributed by atoms with van der Waals surface area (Å²) in [5, 5.41) is 6.63. The lowest BCUT2D eigenvalue weighted by Gasteiger charge is -2.29. The molecule has 33 heavy (non-hydrogen) atoms. The Hall–Kier alpha value is -3.71. The van der Waals surface area contributed by atoms with E-state index in [1.165, 1.54) is 26.8 Å². The third-order valence-corrected chi connectivity index (χ3v) is 7.14. The van der Waals surface area contributed by atoms with Crippen molar-refractivity contribution in [1.29, 1.82) is 0 Å². The Morgan fingerprint density at radius 1 is 0.970 bits per heavy atom. The average molecular weight is 460 g/mol. The van der Waals surface area contributed by atoms with Crippen LogP contribution >= 0.6 is 11.3 Å². The summed E-state index contributed by atoms with van der Waals surface area (Å²) < 4.78 is 28.4. The van der Waals surface area contributed by atoms with Crippen molar-refractivity contribution in [2.24, 2.45) is 0 Å². The lowest BCUT2D eigenvalue weighted by molar-refractivity contribution is 0.206. The van der Waals surface area contributed by atoms with Crippen molar-refractivity contribution < 1.29 is 13.6 Å². The van der Waals surface area contributed by atoms with Crippen molar-refractivity contribution >= 4 is 44.0 Å². The summed E-state index contributed by atoms with van der Waals surface area (Å²) in [7, 11) is 0. The predicted octanol–water partition coefficient (Wildman–Crippen LogP) is 6.92. The molecule has 0 radical (unpaired) electrons. The molecule has 0 saturated heterocycles. The number of nitrogens with zero attached hydrogens (tertiary/aromatic N) is 1. The molecule has 0 unspecified atom stereocenters. The Kier molecular flexibility index (Phi) is 4.66. The second-order valence-corrected chi connectivity index (χ2v) is 9.22. The van der Waals surface area contributed by atoms with Crippen LogP contribution in [-0.4, -0.2) is 22.5 Å². The van der Waals surface area contributed by atoms with Crippen molar-refractivity contribution in [1.82, 2.24) is 9.88 Å². The van der Waals surface area contributed by atoms with E-state index in [0.29, 0.717) is 29.7 Å². The predicted molar refractivity (Wildman–Crippen MR) is 129 cm³/mol. The van der Waals surface area contributed by atoms with Gasteiger partial charge in [-0.25, -0.2) is 13.6 Å². The topological polar surface area (TPSA) is 48.1 Å². The van der Waals surface area contributed by atoms with E-state index in [4.69, 9.17) is 0 Å². The summed E-state index contributed by atoms with van der Waals surface area (Å²) in [5.74, 6) is -1.87. The van der Waals surface area contributed by atoms with Crippen molar-refractivity contribution in [2.75, 3.05) is 11.9 Å². The van der Waals surface area contributed by atoms with Gasteiger partial charge in [0.25, 0.3) is 0 Å². The zero-order valence-electron chi connectivity index (χ0n) is 17.5. The van der Waals surface area contributed by atoms with E-state index in [1.54, 1.807) is 22.4 Å². The highest BCUT2D eigenvalue weighted by Gasteiger charge is 2.22. The van der Waals surface area contributed by atoms with Crippen LogP contribution in [0.2, 0.25) is 0 Å². The van der Waals surface area contributed by atoms with Crippen LogP contribution in [0.4, 0.5) is 19.3 Å². The number of thiophene rings is 1. The highest BCUT2D eigenvalue weighted by atomic mass is 32.1. The van der Waals surface area contributed by atoms with Crippen LogP contribution in [0.25, 0.3) is 32.1 Å². The second kappa shape index (κ2) is 7.71. The van der Waals surface area contributed by atoms with Gasteiger partial charge in [0, 0.05) is 35.4 Å². The summed E-state index contributed by atoms with van der Waals surface area (Å²) in [5.41, 5.74) is 5.59. The van der Waals surface area contributed by atoms with Crippen molar-refractivity contribution in [3.8, 4) is 11.1 Å². The summed E-state index contributed by atoms with van der Waals surface area (Å²) in [6.45, 7) is 1.08. The van der Waals surface area contributed by atoms with E-state index in [9.17, 15) is 13.6 Å². The Morgan fingerprint density at radius 2 is 1.79 bits per heavy atom. The maximum atomic E-state index is 13.7. The number of anilines is 1. The number of benzene rings is 3. The fourth-order valence-corrected chi connectivity index (χ4v) is 5.28. The van der Waals surface area contributed by atoms with Crippen LogP contribution in [0.5, 0.6) is 0 Å². The summed E-state index contributed by atoms with van der Waals surface area (Å²) in [6, 6.07) is 17.0. The Balaban J connectivity index is 1.21. The van der Waals surface area contributed by atoms with E-state index in [2.05, 4.69) is 58.1 Å². The normalized spacial score (nSPS) is 13.5. The molecule has 7 heteroatoms. The maximum Gasteiger partial charge on any atom is 0.322 e. The van der Waals surface area contributed by atoms with Gasteiger partial charge in [-0.2, -0.15) is 0 Å². The average Bonchev–Trinajstić information content (AvgIpc) is 3.45. The number of rotatable bonds is 2. The van der Waals surface area contributed by atoms with Crippen LogP contribution in [0.1, 0.15) is 11.1 Å². The molecular formula is C26H19F2N3OS. The molecule has 2 N–H and O–H groups in total. The van der Waals surface area contributed by atoms with E-state index in [0.717, 1.165) is 24.1 Å². The molecule has 0 aliphatic carbocycles. The molecule has 5 aromatic rings. The lowest BCUT2D eigenvalue weighted by Crippen LogP contribution is -2.38. The zero-order valence-corrected chi connectivity index (χ0v) is 18.3. The molecule has 0 spiro atoms. The number of aromatic amines is 1. The van der Waals surface area contributed by atoms with E-state index >= 15 is 0 Å². The minimum Gasteiger partial charge on any atom is -0.359 e. The van der Waals surface area contributed by atoms with E-state index < -0.39 is 11.6 Å². The molecule has 164 valence electrons. The zero-order chi connectivity index (χ0) is 22.5. The quantitative estimate of drug-likeness (QED) is 0.296. The number of amides is 2. The van der Waals surface area contributed by atoms with Crippen molar-refractivity contribution in [3.63, 3.8) is 0 Å². The van der Waals surface area contributed by atoms with Gasteiger partial charge in [-0.05, 0) is 57.6 Å². The molecule has 0 saturated carbocycles. The van der Waals surface area contributed by atoms with Gasteiger partial charge in [0.2, 0.25) is 0 Å². The van der Waals surface area contributed by atoms with Crippen molar-refractivity contribution in [2.45, 2.75) is 13.0 Å². The Morgan fingerprint density at radius 3 is 2.70 bits per heavy atom. The van der Waals surface area contributed by atoms with Gasteiger partial charge < -0.3 is 15.2 Å². The van der Waals surface area contributed by atoms with Crippen LogP contribution in [0.15, 0.2) is 66.2 Å². The molecule has 1 aliphatic rings. The van der Waals surface area contributed by atoms with Crippen LogP contribution in [-0.2, 0) is 13.0 Å². The molecule has 6 rings (SSSR count). The second-order valence-electron chi connectivity index (χ2n) is 8.27. The van der Waals surface area contributed by atoms with Gasteiger partial charge in [-0.3, -0.25) is 0 Å². The number of nitrogens with one attached hydrogen (secondary N) is 2. The molecular weight excluding hydrogens is 440 g/mol. The van der Waals surface area contributed by atoms with Gasteiger partial charge in [-0.15, -0.1) is 11.3 Å². The SMILES string of the molecule is O=C(Nc1c[nH]c2cc(F)c(F)cc12)N1CCc2cc(-c3ccc4ccsc4c3)ccc2C1. The molecule has 0 fully saturated rings. The van der Waals surface area contributed by atoms with Crippen LogP contribution < -0.4 is 5.32 Å². The van der Waals surface area contributed by atoms with Gasteiger partial charge in [-0.1, -0.05) is 30.3 Å². The Labute approximate surface area is 192 Å². The first-order valence-corrected chi connectivity index (χ1v) is 11.5. The maximum absolute atomic E-state index is 13.7. The molecule has 0 bridgehead atoms. The third kappa shape index (κ3) is 3.54. The molecule has 0 atom stereocenters. The lowest BCUT2D eigenvalue weighted by atomic mass is 9.94. The largest absolute Gasteiger partial charge is 0.359 e. The van der Waals surface area contributed by atoms with Gasteiger partial charge in [0.1, 0.15) is 0 Å². The first-order chi connectivity index (χ1) is 16.0. The van der Waals surface area contributed by atoms with Crippen LogP contribution in [0.3, 0.4) is 0 Å². The fourth-order valence-electron chi connectivity index (χ4n) is 4.45. The highest BCUT2D eigenvalue weighted by molar-refractivity contribution is 7.17. The molecule has 3 heterocycles. The summed E-state index contributed by atoms with van der Waals surface area (Å²) in [6.07, 6.45) is 2.31. The molecule has 4 nitrogen and oxygen atoms in total. The standard InChI is InChI=1S/C26H19F2N3OS/c27-21-11-20-23(12-22(21)28)29-13-24(20)30-26(32)31-7-5-18-9-16(3-4-19(18)14-31)17-2-1-15-6-8-33-25(15)10-17/h1-4,6,8-13,29H,5,7,14H2,(H,30,32). The first kappa shape index (κ1) is 19.9. The minimum atomic E-state index is -0.946. The number of carbonyl (C=O) groups excluding carboxylic acids is 1. The number of hydrogen-bond donors (Lipinski definition) is 2. The number of fused-ring (bicyclic) bond motifs is 3. The number of carbonyl (C=O) groups is 1. The number of halogens is 2. The van der Waals surface area contributed by atoms with Gasteiger partial charge >= 0.3 is 6.03 Å². The minimum absolute atomic E-state index is 0.265. The van der Waals surface area contributed by atoms with Crippen LogP contribution in [0, 0.1) is 11.6 Å². The van der Waals surface area contributed by atoms with Gasteiger partial charge in [0.15, 0.2) is 11.6 Å². The number of urea groups is 1. The van der Waals surface area contributed by atoms with E-state index in [-0.39, 0.29) is 6.03 Å². The summed E-state index contributed by atoms with van der Waals surface area (Å²) >= 11 is 1.74. The Bertz CT molecular complexity index is 1540. The molecule has 3 aromatic carbocycles. The molecule has 2 amide bonds. The number of H-pyrrole nitrogens is 1. The molecule has 1 aliphatic heterocycles. The number of aromatic nitrogens is 1. The first-order valence-electron chi connectivity index (χ1n) is 10.7. The number of hydrogen-bond acceptors (Lipinski definition) is 2. The summed E-state index contributed by atoms with van der Waals surface area (Å²) in [4.78, 5) is 17.5. The van der Waals surface area contributed by atoms with Crippen molar-refractivity contribution in [3.05, 3.63) is 88.9 Å². The molecule has 2 aromatic heterocycles. The van der Waals surface area contributed by atoms with E-state index in [1.807, 2.05) is 0 Å². The van der Waals surface area contributed by atoms with Gasteiger partial charge in [0.05, 0.1) is 11.2 Å². The third-order valence-electron chi connectivity index (χ3n) is 6.26. The monoisotopic (exact) mass is 459 g/mol. The smallest absolute Gasteiger partial charge is 0.322 e.